The van der Waals surface area contributed by atoms with Crippen LogP contribution in [-0.4, -0.2) is 8.42 Å². The van der Waals surface area contributed by atoms with Crippen molar-refractivity contribution in [1.82, 2.24) is 0 Å². The Kier molecular flexibility index (Phi) is 4.40. The van der Waals surface area contributed by atoms with Gasteiger partial charge in [-0.15, -0.1) is 0 Å². The lowest BCUT2D eigenvalue weighted by Gasteiger charge is -2.14. The van der Waals surface area contributed by atoms with Crippen molar-refractivity contribution in [2.24, 2.45) is 5.14 Å². The van der Waals surface area contributed by atoms with Crippen LogP contribution in [0.2, 0.25) is 0 Å². The number of rotatable bonds is 4. The minimum atomic E-state index is -3.81. The van der Waals surface area contributed by atoms with Gasteiger partial charge in [0.15, 0.2) is 0 Å². The Labute approximate surface area is 126 Å². The maximum Gasteiger partial charge on any atom is 0.238 e. The molecule has 1 atom stereocenters. The van der Waals surface area contributed by atoms with Crippen LogP contribution in [-0.2, 0) is 10.0 Å². The van der Waals surface area contributed by atoms with Crippen LogP contribution in [0.15, 0.2) is 47.4 Å². The normalized spacial score (nSPS) is 12.5. The number of primary sulfonamides is 1. The molecule has 0 amide bonds. The summed E-state index contributed by atoms with van der Waals surface area (Å²) in [4.78, 5) is -0.0838. The molecule has 0 aromatic heterocycles. The Balaban J connectivity index is 2.26. The number of sulfonamides is 1. The van der Waals surface area contributed by atoms with Gasteiger partial charge in [-0.25, -0.2) is 22.3 Å². The Hall–Kier alpha value is -2.50. The van der Waals surface area contributed by atoms with E-state index in [1.807, 2.05) is 6.07 Å². The highest BCUT2D eigenvalue weighted by molar-refractivity contribution is 7.89. The molecule has 0 radical (unpaired) electrons. The van der Waals surface area contributed by atoms with E-state index in [1.54, 1.807) is 0 Å². The average molecular weight is 323 g/mol. The predicted molar refractivity (Wildman–Crippen MR) is 76.1 cm³/mol. The van der Waals surface area contributed by atoms with Gasteiger partial charge in [-0.1, -0.05) is 6.07 Å². The summed E-state index contributed by atoms with van der Waals surface area (Å²) in [6, 6.07) is 9.01. The standard InChI is InChI=1S/C14H11F2N3O2S/c15-9-1-6-12(13(16)7-9)14(8-17)19-10-2-4-11(5-3-10)22(18,20)21/h1-7,14,19H,(H2,18,20,21). The van der Waals surface area contributed by atoms with Crippen LogP contribution >= 0.6 is 0 Å². The summed E-state index contributed by atoms with van der Waals surface area (Å²) in [5, 5.41) is 16.8. The van der Waals surface area contributed by atoms with E-state index in [0.29, 0.717) is 11.8 Å². The molecule has 0 bridgehead atoms. The summed E-state index contributed by atoms with van der Waals surface area (Å²) in [5.74, 6) is -1.59. The van der Waals surface area contributed by atoms with E-state index in [1.165, 1.54) is 30.3 Å². The largest absolute Gasteiger partial charge is 0.366 e. The number of halogens is 2. The van der Waals surface area contributed by atoms with Crippen LogP contribution in [0.1, 0.15) is 11.6 Å². The number of hydrogen-bond donors (Lipinski definition) is 2. The highest BCUT2D eigenvalue weighted by Crippen LogP contribution is 2.23. The summed E-state index contributed by atoms with van der Waals surface area (Å²) in [6.45, 7) is 0. The van der Waals surface area contributed by atoms with Crippen LogP contribution in [0.25, 0.3) is 0 Å². The quantitative estimate of drug-likeness (QED) is 0.902. The van der Waals surface area contributed by atoms with Crippen LogP contribution in [0, 0.1) is 23.0 Å². The number of nitrogens with two attached hydrogens (primary N) is 1. The fraction of sp³-hybridized carbons (Fsp3) is 0.0714. The van der Waals surface area contributed by atoms with Gasteiger partial charge in [0, 0.05) is 17.3 Å². The van der Waals surface area contributed by atoms with Crippen LogP contribution in [0.5, 0.6) is 0 Å². The second kappa shape index (κ2) is 6.09. The molecule has 0 aliphatic rings. The van der Waals surface area contributed by atoms with Crippen molar-refractivity contribution in [1.29, 1.82) is 5.26 Å². The first-order valence-corrected chi connectivity index (χ1v) is 7.60. The summed E-state index contributed by atoms with van der Waals surface area (Å²) in [5.41, 5.74) is 0.377. The van der Waals surface area contributed by atoms with E-state index in [-0.39, 0.29) is 10.5 Å². The molecule has 2 aromatic rings. The number of benzene rings is 2. The predicted octanol–water partition coefficient (Wildman–Crippen LogP) is 2.29. The Bertz CT molecular complexity index is 830. The van der Waals surface area contributed by atoms with Gasteiger partial charge in [-0.3, -0.25) is 0 Å². The van der Waals surface area contributed by atoms with Crippen molar-refractivity contribution in [2.45, 2.75) is 10.9 Å². The maximum atomic E-state index is 13.7. The molecule has 0 aliphatic heterocycles. The van der Waals surface area contributed by atoms with Crippen molar-refractivity contribution in [3.05, 3.63) is 59.7 Å². The van der Waals surface area contributed by atoms with Crippen molar-refractivity contribution >= 4 is 15.7 Å². The molecule has 8 heteroatoms. The molecule has 0 aliphatic carbocycles. The number of anilines is 1. The summed E-state index contributed by atoms with van der Waals surface area (Å²) in [7, 11) is -3.81. The van der Waals surface area contributed by atoms with Crippen molar-refractivity contribution in [2.75, 3.05) is 5.32 Å². The first kappa shape index (κ1) is 15.9. The average Bonchev–Trinajstić information content (AvgIpc) is 2.45. The van der Waals surface area contributed by atoms with Crippen molar-refractivity contribution in [3.63, 3.8) is 0 Å². The lowest BCUT2D eigenvalue weighted by Crippen LogP contribution is -2.13. The van der Waals surface area contributed by atoms with Gasteiger partial charge in [-0.2, -0.15) is 5.26 Å². The fourth-order valence-corrected chi connectivity index (χ4v) is 2.34. The molecule has 0 fully saturated rings. The zero-order valence-corrected chi connectivity index (χ0v) is 11.9. The number of hydrogen-bond acceptors (Lipinski definition) is 4. The fourth-order valence-electron chi connectivity index (χ4n) is 1.82. The molecular weight excluding hydrogens is 312 g/mol. The molecule has 0 heterocycles. The van der Waals surface area contributed by atoms with E-state index >= 15 is 0 Å². The molecule has 5 nitrogen and oxygen atoms in total. The topological polar surface area (TPSA) is 96.0 Å². The smallest absolute Gasteiger partial charge is 0.238 e. The SMILES string of the molecule is N#CC(Nc1ccc(S(N)(=O)=O)cc1)c1ccc(F)cc1F. The number of nitrogens with zero attached hydrogens (tertiary/aromatic N) is 1. The van der Waals surface area contributed by atoms with E-state index in [2.05, 4.69) is 5.32 Å². The molecule has 2 aromatic carbocycles. The molecular formula is C14H11F2N3O2S. The van der Waals surface area contributed by atoms with Crippen LogP contribution in [0.4, 0.5) is 14.5 Å². The number of nitrogens with one attached hydrogen (secondary N) is 1. The molecule has 0 saturated heterocycles. The Morgan fingerprint density at radius 1 is 1.14 bits per heavy atom. The van der Waals surface area contributed by atoms with Crippen molar-refractivity contribution in [3.8, 4) is 6.07 Å². The molecule has 2 rings (SSSR count). The van der Waals surface area contributed by atoms with E-state index in [0.717, 1.165) is 6.07 Å². The van der Waals surface area contributed by atoms with Gasteiger partial charge in [-0.05, 0) is 30.3 Å². The minimum absolute atomic E-state index is 0.0144. The minimum Gasteiger partial charge on any atom is -0.366 e. The molecule has 3 N–H and O–H groups in total. The van der Waals surface area contributed by atoms with Gasteiger partial charge >= 0.3 is 0 Å². The van der Waals surface area contributed by atoms with E-state index in [9.17, 15) is 17.2 Å². The highest BCUT2D eigenvalue weighted by atomic mass is 32.2. The lowest BCUT2D eigenvalue weighted by molar-refractivity contribution is 0.570. The second-order valence-electron chi connectivity index (χ2n) is 4.44. The summed E-state index contributed by atoms with van der Waals surface area (Å²) >= 11 is 0. The van der Waals surface area contributed by atoms with E-state index in [4.69, 9.17) is 10.4 Å². The zero-order valence-electron chi connectivity index (χ0n) is 11.1. The maximum absolute atomic E-state index is 13.7. The molecule has 22 heavy (non-hydrogen) atoms. The van der Waals surface area contributed by atoms with Crippen LogP contribution in [0.3, 0.4) is 0 Å². The van der Waals surface area contributed by atoms with Gasteiger partial charge < -0.3 is 5.32 Å². The molecule has 114 valence electrons. The third kappa shape index (κ3) is 3.58. The van der Waals surface area contributed by atoms with Gasteiger partial charge in [0.25, 0.3) is 0 Å². The van der Waals surface area contributed by atoms with E-state index < -0.39 is 27.7 Å². The third-order valence-corrected chi connectivity index (χ3v) is 3.83. The van der Waals surface area contributed by atoms with Gasteiger partial charge in [0.05, 0.1) is 11.0 Å². The molecule has 0 spiro atoms. The van der Waals surface area contributed by atoms with Gasteiger partial charge in [0.2, 0.25) is 10.0 Å². The first-order chi connectivity index (χ1) is 10.3. The first-order valence-electron chi connectivity index (χ1n) is 6.05. The Morgan fingerprint density at radius 2 is 1.77 bits per heavy atom. The number of nitriles is 1. The summed E-state index contributed by atoms with van der Waals surface area (Å²) in [6.07, 6.45) is 0. The van der Waals surface area contributed by atoms with Crippen molar-refractivity contribution < 1.29 is 17.2 Å². The van der Waals surface area contributed by atoms with Gasteiger partial charge in [0.1, 0.15) is 17.7 Å². The van der Waals surface area contributed by atoms with Crippen LogP contribution < -0.4 is 10.5 Å². The third-order valence-electron chi connectivity index (χ3n) is 2.90. The molecule has 0 saturated carbocycles. The monoisotopic (exact) mass is 323 g/mol. The zero-order chi connectivity index (χ0) is 16.3. The molecule has 1 unspecified atom stereocenters. The Morgan fingerprint density at radius 3 is 2.27 bits per heavy atom. The lowest BCUT2D eigenvalue weighted by atomic mass is 10.1. The second-order valence-corrected chi connectivity index (χ2v) is 6.00. The summed E-state index contributed by atoms with van der Waals surface area (Å²) < 4.78 is 48.9. The highest BCUT2D eigenvalue weighted by Gasteiger charge is 2.16.